The zero-order valence-corrected chi connectivity index (χ0v) is 10.2. The smallest absolute Gasteiger partial charge is 0.341 e. The fraction of sp³-hybridized carbons (Fsp3) is 0.333. The molecule has 0 saturated heterocycles. The maximum absolute atomic E-state index is 11.2. The highest BCUT2D eigenvalue weighted by atomic mass is 16.5. The van der Waals surface area contributed by atoms with Gasteiger partial charge in [0.05, 0.1) is 32.0 Å². The Hall–Kier alpha value is -2.08. The SMILES string of the molecule is COC(=O)c1coc(CNCc2ncc(C)o2)c1. The molecule has 0 aliphatic rings. The molecule has 96 valence electrons. The normalized spacial score (nSPS) is 10.6. The highest BCUT2D eigenvalue weighted by Gasteiger charge is 2.10. The van der Waals surface area contributed by atoms with Crippen LogP contribution in [0.15, 0.2) is 27.4 Å². The van der Waals surface area contributed by atoms with E-state index in [4.69, 9.17) is 8.83 Å². The first-order chi connectivity index (χ1) is 8.69. The zero-order valence-electron chi connectivity index (χ0n) is 10.2. The van der Waals surface area contributed by atoms with Crippen molar-refractivity contribution in [1.82, 2.24) is 10.3 Å². The van der Waals surface area contributed by atoms with Crippen molar-refractivity contribution in [2.24, 2.45) is 0 Å². The maximum atomic E-state index is 11.2. The van der Waals surface area contributed by atoms with Crippen molar-refractivity contribution < 1.29 is 18.4 Å². The Morgan fingerprint density at radius 1 is 1.50 bits per heavy atom. The molecule has 0 radical (unpaired) electrons. The molecular weight excluding hydrogens is 236 g/mol. The molecule has 0 bridgehead atoms. The van der Waals surface area contributed by atoms with Gasteiger partial charge in [0.25, 0.3) is 0 Å². The summed E-state index contributed by atoms with van der Waals surface area (Å²) >= 11 is 0. The lowest BCUT2D eigenvalue weighted by molar-refractivity contribution is 0.0600. The minimum atomic E-state index is -0.409. The molecule has 2 aromatic heterocycles. The summed E-state index contributed by atoms with van der Waals surface area (Å²) in [4.78, 5) is 15.3. The van der Waals surface area contributed by atoms with E-state index in [1.54, 1.807) is 12.3 Å². The quantitative estimate of drug-likeness (QED) is 0.813. The van der Waals surface area contributed by atoms with Crippen molar-refractivity contribution >= 4 is 5.97 Å². The van der Waals surface area contributed by atoms with Crippen LogP contribution in [0, 0.1) is 6.92 Å². The van der Waals surface area contributed by atoms with E-state index in [1.165, 1.54) is 13.4 Å². The van der Waals surface area contributed by atoms with E-state index in [0.717, 1.165) is 5.76 Å². The minimum absolute atomic E-state index is 0.404. The number of ether oxygens (including phenoxy) is 1. The number of aryl methyl sites for hydroxylation is 1. The largest absolute Gasteiger partial charge is 0.467 e. The number of carbonyl (C=O) groups excluding carboxylic acids is 1. The molecule has 0 aliphatic carbocycles. The molecule has 2 heterocycles. The van der Waals surface area contributed by atoms with E-state index in [1.807, 2.05) is 6.92 Å². The van der Waals surface area contributed by atoms with Crippen LogP contribution in [0.5, 0.6) is 0 Å². The van der Waals surface area contributed by atoms with Gasteiger partial charge >= 0.3 is 5.97 Å². The Morgan fingerprint density at radius 3 is 3.00 bits per heavy atom. The summed E-state index contributed by atoms with van der Waals surface area (Å²) in [7, 11) is 1.33. The van der Waals surface area contributed by atoms with Crippen molar-refractivity contribution in [2.45, 2.75) is 20.0 Å². The second-order valence-electron chi connectivity index (χ2n) is 3.76. The van der Waals surface area contributed by atoms with Gasteiger partial charge in [0.1, 0.15) is 17.8 Å². The van der Waals surface area contributed by atoms with Crippen LogP contribution < -0.4 is 5.32 Å². The number of nitrogens with one attached hydrogen (secondary N) is 1. The molecule has 0 aromatic carbocycles. The summed E-state index contributed by atoms with van der Waals surface area (Å²) < 4.78 is 15.1. The van der Waals surface area contributed by atoms with Crippen LogP contribution in [-0.4, -0.2) is 18.1 Å². The Morgan fingerprint density at radius 2 is 2.33 bits per heavy atom. The predicted molar refractivity (Wildman–Crippen MR) is 61.8 cm³/mol. The average Bonchev–Trinajstić information content (AvgIpc) is 2.98. The first-order valence-corrected chi connectivity index (χ1v) is 5.47. The zero-order chi connectivity index (χ0) is 13.0. The molecule has 0 unspecified atom stereocenters. The number of aromatic nitrogens is 1. The van der Waals surface area contributed by atoms with Gasteiger partial charge in [-0.25, -0.2) is 9.78 Å². The summed E-state index contributed by atoms with van der Waals surface area (Å²) in [5.74, 6) is 1.64. The van der Waals surface area contributed by atoms with Crippen molar-refractivity contribution in [3.8, 4) is 0 Å². The number of nitrogens with zero attached hydrogens (tertiary/aromatic N) is 1. The van der Waals surface area contributed by atoms with Crippen molar-refractivity contribution in [3.63, 3.8) is 0 Å². The summed E-state index contributed by atoms with van der Waals surface area (Å²) in [5.41, 5.74) is 0.404. The Balaban J connectivity index is 1.83. The number of esters is 1. The van der Waals surface area contributed by atoms with Gasteiger partial charge in [0.2, 0.25) is 5.89 Å². The third-order valence-electron chi connectivity index (χ3n) is 2.32. The summed E-state index contributed by atoms with van der Waals surface area (Å²) in [6, 6.07) is 1.64. The Kier molecular flexibility index (Phi) is 3.78. The third kappa shape index (κ3) is 2.98. The predicted octanol–water partition coefficient (Wildman–Crippen LogP) is 1.65. The molecule has 2 aromatic rings. The molecule has 6 nitrogen and oxygen atoms in total. The molecule has 0 fully saturated rings. The molecule has 0 spiro atoms. The molecule has 0 atom stereocenters. The first kappa shape index (κ1) is 12.4. The molecule has 2 rings (SSSR count). The number of furan rings is 1. The molecule has 0 saturated carbocycles. The van der Waals surface area contributed by atoms with Gasteiger partial charge in [-0.15, -0.1) is 0 Å². The highest BCUT2D eigenvalue weighted by Crippen LogP contribution is 2.09. The lowest BCUT2D eigenvalue weighted by Gasteiger charge is -1.98. The highest BCUT2D eigenvalue weighted by molar-refractivity contribution is 5.88. The van der Waals surface area contributed by atoms with Crippen molar-refractivity contribution in [2.75, 3.05) is 7.11 Å². The molecule has 0 aliphatic heterocycles. The van der Waals surface area contributed by atoms with Crippen LogP contribution in [-0.2, 0) is 17.8 Å². The number of hydrogen-bond donors (Lipinski definition) is 1. The summed E-state index contributed by atoms with van der Waals surface area (Å²) in [5, 5.41) is 3.10. The number of oxazole rings is 1. The monoisotopic (exact) mass is 250 g/mol. The minimum Gasteiger partial charge on any atom is -0.467 e. The van der Waals surface area contributed by atoms with E-state index in [0.29, 0.717) is 30.3 Å². The van der Waals surface area contributed by atoms with Crippen LogP contribution in [0.25, 0.3) is 0 Å². The van der Waals surface area contributed by atoms with Crippen LogP contribution in [0.3, 0.4) is 0 Å². The van der Waals surface area contributed by atoms with Gasteiger partial charge in [-0.05, 0) is 13.0 Å². The molecule has 1 N–H and O–H groups in total. The number of hydrogen-bond acceptors (Lipinski definition) is 6. The van der Waals surface area contributed by atoms with E-state index in [9.17, 15) is 4.79 Å². The van der Waals surface area contributed by atoms with Crippen LogP contribution >= 0.6 is 0 Å². The second kappa shape index (κ2) is 5.50. The topological polar surface area (TPSA) is 77.5 Å². The lowest BCUT2D eigenvalue weighted by Crippen LogP contribution is -2.12. The summed E-state index contributed by atoms with van der Waals surface area (Å²) in [6.45, 7) is 2.83. The Labute approximate surface area is 104 Å². The fourth-order valence-corrected chi connectivity index (χ4v) is 1.47. The molecule has 6 heteroatoms. The third-order valence-corrected chi connectivity index (χ3v) is 2.32. The molecule has 0 amide bonds. The van der Waals surface area contributed by atoms with Crippen LogP contribution in [0.2, 0.25) is 0 Å². The van der Waals surface area contributed by atoms with Gasteiger partial charge in [0, 0.05) is 0 Å². The first-order valence-electron chi connectivity index (χ1n) is 5.47. The number of carbonyl (C=O) groups is 1. The molecular formula is C12H14N2O4. The summed E-state index contributed by atoms with van der Waals surface area (Å²) in [6.07, 6.45) is 3.04. The van der Waals surface area contributed by atoms with Crippen LogP contribution in [0.1, 0.15) is 27.8 Å². The number of rotatable bonds is 5. The van der Waals surface area contributed by atoms with Crippen LogP contribution in [0.4, 0.5) is 0 Å². The maximum Gasteiger partial charge on any atom is 0.341 e. The van der Waals surface area contributed by atoms with Crippen molar-refractivity contribution in [1.29, 1.82) is 0 Å². The fourth-order valence-electron chi connectivity index (χ4n) is 1.47. The van der Waals surface area contributed by atoms with Gasteiger partial charge in [-0.2, -0.15) is 0 Å². The number of methoxy groups -OCH3 is 1. The average molecular weight is 250 g/mol. The standard InChI is InChI=1S/C12H14N2O4/c1-8-4-14-11(18-8)6-13-5-10-3-9(7-17-10)12(15)16-2/h3-4,7,13H,5-6H2,1-2H3. The van der Waals surface area contributed by atoms with Crippen molar-refractivity contribution in [3.05, 3.63) is 41.5 Å². The lowest BCUT2D eigenvalue weighted by atomic mass is 10.3. The van der Waals surface area contributed by atoms with Gasteiger partial charge in [0.15, 0.2) is 0 Å². The van der Waals surface area contributed by atoms with E-state index in [-0.39, 0.29) is 0 Å². The van der Waals surface area contributed by atoms with Gasteiger partial charge in [-0.3, -0.25) is 0 Å². The second-order valence-corrected chi connectivity index (χ2v) is 3.76. The van der Waals surface area contributed by atoms with Gasteiger partial charge in [-0.1, -0.05) is 0 Å². The molecule has 18 heavy (non-hydrogen) atoms. The van der Waals surface area contributed by atoms with E-state index in [2.05, 4.69) is 15.0 Å². The van der Waals surface area contributed by atoms with Gasteiger partial charge < -0.3 is 18.9 Å². The van der Waals surface area contributed by atoms with E-state index < -0.39 is 5.97 Å². The Bertz CT molecular complexity index is 530. The van der Waals surface area contributed by atoms with E-state index >= 15 is 0 Å².